The summed E-state index contributed by atoms with van der Waals surface area (Å²) in [6.07, 6.45) is -0.228. The Bertz CT molecular complexity index is 773. The Balaban J connectivity index is 1.73. The van der Waals surface area contributed by atoms with E-state index in [4.69, 9.17) is 4.74 Å². The second kappa shape index (κ2) is 8.95. The van der Waals surface area contributed by atoms with Gasteiger partial charge in [-0.3, -0.25) is 4.90 Å². The highest BCUT2D eigenvalue weighted by atomic mass is 32.2. The molecule has 0 aliphatic carbocycles. The molecule has 2 aromatic carbocycles. The van der Waals surface area contributed by atoms with E-state index in [2.05, 4.69) is 33.9 Å². The van der Waals surface area contributed by atoms with Gasteiger partial charge in [-0.1, -0.05) is 60.7 Å². The van der Waals surface area contributed by atoms with Crippen LogP contribution < -0.4 is 4.72 Å². The quantitative estimate of drug-likeness (QED) is 0.712. The first-order valence-electron chi connectivity index (χ1n) is 8.98. The molecule has 146 valence electrons. The standard InChI is InChI=1S/C20H26N2O4S/c1-27(24,25)21-12-19-20(23)18(15-26-19)22(13-16-8-4-2-5-9-16)14-17-10-6-3-7-11-17/h2-11,18-21,23H,12-15H2,1H3. The maximum Gasteiger partial charge on any atom is 0.208 e. The van der Waals surface area contributed by atoms with Gasteiger partial charge < -0.3 is 9.84 Å². The van der Waals surface area contributed by atoms with Crippen molar-refractivity contribution in [3.63, 3.8) is 0 Å². The van der Waals surface area contributed by atoms with Gasteiger partial charge in [-0.05, 0) is 11.1 Å². The zero-order valence-electron chi connectivity index (χ0n) is 15.4. The molecule has 0 saturated carbocycles. The van der Waals surface area contributed by atoms with E-state index in [0.717, 1.165) is 17.4 Å². The van der Waals surface area contributed by atoms with Gasteiger partial charge in [0.15, 0.2) is 0 Å². The molecule has 1 saturated heterocycles. The minimum atomic E-state index is -3.32. The molecule has 0 aromatic heterocycles. The summed E-state index contributed by atoms with van der Waals surface area (Å²) in [5.74, 6) is 0. The van der Waals surface area contributed by atoms with E-state index in [1.165, 1.54) is 0 Å². The molecule has 6 nitrogen and oxygen atoms in total. The highest BCUT2D eigenvalue weighted by molar-refractivity contribution is 7.88. The molecule has 7 heteroatoms. The monoisotopic (exact) mass is 390 g/mol. The molecule has 1 aliphatic heterocycles. The number of sulfonamides is 1. The van der Waals surface area contributed by atoms with Crippen molar-refractivity contribution in [3.8, 4) is 0 Å². The third-order valence-corrected chi connectivity index (χ3v) is 5.42. The lowest BCUT2D eigenvalue weighted by atomic mass is 10.0. The van der Waals surface area contributed by atoms with E-state index in [9.17, 15) is 13.5 Å². The molecule has 1 fully saturated rings. The Morgan fingerprint density at radius 3 is 2.04 bits per heavy atom. The summed E-state index contributed by atoms with van der Waals surface area (Å²) in [4.78, 5) is 2.19. The molecule has 3 atom stereocenters. The normalized spacial score (nSPS) is 23.0. The van der Waals surface area contributed by atoms with Gasteiger partial charge >= 0.3 is 0 Å². The van der Waals surface area contributed by atoms with Crippen LogP contribution in [0.25, 0.3) is 0 Å². The Hall–Kier alpha value is -1.77. The number of rotatable bonds is 8. The third-order valence-electron chi connectivity index (χ3n) is 4.73. The SMILES string of the molecule is CS(=O)(=O)NCC1OCC(N(Cc2ccccc2)Cc2ccccc2)C1O. The van der Waals surface area contributed by atoms with Gasteiger partial charge in [0.2, 0.25) is 10.0 Å². The van der Waals surface area contributed by atoms with Gasteiger partial charge in [-0.25, -0.2) is 13.1 Å². The lowest BCUT2D eigenvalue weighted by Crippen LogP contribution is -2.46. The van der Waals surface area contributed by atoms with Gasteiger partial charge in [0.1, 0.15) is 0 Å². The Labute approximate surface area is 160 Å². The fraction of sp³-hybridized carbons (Fsp3) is 0.400. The molecule has 27 heavy (non-hydrogen) atoms. The minimum Gasteiger partial charge on any atom is -0.389 e. The molecule has 3 rings (SSSR count). The topological polar surface area (TPSA) is 78.9 Å². The van der Waals surface area contributed by atoms with Crippen LogP contribution in [-0.4, -0.2) is 56.1 Å². The zero-order valence-corrected chi connectivity index (χ0v) is 16.2. The largest absolute Gasteiger partial charge is 0.389 e. The zero-order chi connectivity index (χ0) is 19.3. The lowest BCUT2D eigenvalue weighted by Gasteiger charge is -2.31. The number of aliphatic hydroxyl groups excluding tert-OH is 1. The highest BCUT2D eigenvalue weighted by Crippen LogP contribution is 2.23. The van der Waals surface area contributed by atoms with Crippen LogP contribution in [0, 0.1) is 0 Å². The second-order valence-electron chi connectivity index (χ2n) is 6.93. The van der Waals surface area contributed by atoms with Crippen LogP contribution in [0.4, 0.5) is 0 Å². The summed E-state index contributed by atoms with van der Waals surface area (Å²) < 4.78 is 30.8. The number of aliphatic hydroxyl groups is 1. The molecule has 0 bridgehead atoms. The number of nitrogens with one attached hydrogen (secondary N) is 1. The van der Waals surface area contributed by atoms with Crippen molar-refractivity contribution in [2.24, 2.45) is 0 Å². The predicted octanol–water partition coefficient (Wildman–Crippen LogP) is 1.37. The van der Waals surface area contributed by atoms with Crippen molar-refractivity contribution in [1.82, 2.24) is 9.62 Å². The van der Waals surface area contributed by atoms with Crippen molar-refractivity contribution in [2.45, 2.75) is 31.3 Å². The fourth-order valence-corrected chi connectivity index (χ4v) is 3.80. The Morgan fingerprint density at radius 2 is 1.56 bits per heavy atom. The van der Waals surface area contributed by atoms with Crippen molar-refractivity contribution in [2.75, 3.05) is 19.4 Å². The number of ether oxygens (including phenoxy) is 1. The smallest absolute Gasteiger partial charge is 0.208 e. The van der Waals surface area contributed by atoms with E-state index in [1.807, 2.05) is 36.4 Å². The number of hydrogen-bond donors (Lipinski definition) is 2. The van der Waals surface area contributed by atoms with Gasteiger partial charge in [0.05, 0.1) is 31.1 Å². The molecule has 1 aliphatic rings. The van der Waals surface area contributed by atoms with Gasteiger partial charge in [-0.2, -0.15) is 0 Å². The van der Waals surface area contributed by atoms with Crippen molar-refractivity contribution < 1.29 is 18.3 Å². The Kier molecular flexibility index (Phi) is 6.62. The summed E-state index contributed by atoms with van der Waals surface area (Å²) >= 11 is 0. The molecule has 3 unspecified atom stereocenters. The summed E-state index contributed by atoms with van der Waals surface area (Å²) in [5.41, 5.74) is 2.30. The van der Waals surface area contributed by atoms with E-state index >= 15 is 0 Å². The first-order chi connectivity index (χ1) is 12.9. The van der Waals surface area contributed by atoms with Crippen LogP contribution >= 0.6 is 0 Å². The average Bonchev–Trinajstić information content (AvgIpc) is 3.01. The van der Waals surface area contributed by atoms with E-state index in [-0.39, 0.29) is 12.6 Å². The van der Waals surface area contributed by atoms with Crippen LogP contribution in [0.2, 0.25) is 0 Å². The first-order valence-corrected chi connectivity index (χ1v) is 10.9. The van der Waals surface area contributed by atoms with E-state index < -0.39 is 22.2 Å². The minimum absolute atomic E-state index is 0.0705. The van der Waals surface area contributed by atoms with Crippen molar-refractivity contribution in [1.29, 1.82) is 0 Å². The molecule has 0 spiro atoms. The number of hydrogen-bond acceptors (Lipinski definition) is 5. The summed E-state index contributed by atoms with van der Waals surface area (Å²) in [6, 6.07) is 20.0. The average molecular weight is 391 g/mol. The van der Waals surface area contributed by atoms with Crippen LogP contribution in [-0.2, 0) is 27.8 Å². The molecule has 2 N–H and O–H groups in total. The van der Waals surface area contributed by atoms with Crippen LogP contribution in [0.3, 0.4) is 0 Å². The third kappa shape index (κ3) is 5.85. The Morgan fingerprint density at radius 1 is 1.04 bits per heavy atom. The van der Waals surface area contributed by atoms with E-state index in [1.54, 1.807) is 0 Å². The molecular weight excluding hydrogens is 364 g/mol. The first kappa shape index (κ1) is 20.0. The maximum atomic E-state index is 11.3. The van der Waals surface area contributed by atoms with Crippen LogP contribution in [0.5, 0.6) is 0 Å². The maximum absolute atomic E-state index is 11.3. The fourth-order valence-electron chi connectivity index (χ4n) is 3.33. The van der Waals surface area contributed by atoms with Gasteiger partial charge in [0.25, 0.3) is 0 Å². The number of benzene rings is 2. The summed E-state index contributed by atoms with van der Waals surface area (Å²) in [6.45, 7) is 1.78. The summed E-state index contributed by atoms with van der Waals surface area (Å²) in [7, 11) is -3.32. The van der Waals surface area contributed by atoms with Crippen LogP contribution in [0.1, 0.15) is 11.1 Å². The van der Waals surface area contributed by atoms with Crippen molar-refractivity contribution in [3.05, 3.63) is 71.8 Å². The number of nitrogens with zero attached hydrogens (tertiary/aromatic N) is 1. The molecule has 0 amide bonds. The van der Waals surface area contributed by atoms with Crippen molar-refractivity contribution >= 4 is 10.0 Å². The van der Waals surface area contributed by atoms with Gasteiger partial charge in [0, 0.05) is 19.6 Å². The molecular formula is C20H26N2O4S. The van der Waals surface area contributed by atoms with Crippen LogP contribution in [0.15, 0.2) is 60.7 Å². The molecule has 0 radical (unpaired) electrons. The highest BCUT2D eigenvalue weighted by Gasteiger charge is 2.39. The predicted molar refractivity (Wildman–Crippen MR) is 105 cm³/mol. The molecule has 1 heterocycles. The molecule has 2 aromatic rings. The van der Waals surface area contributed by atoms with Gasteiger partial charge in [-0.15, -0.1) is 0 Å². The lowest BCUT2D eigenvalue weighted by molar-refractivity contribution is 0.0330. The summed E-state index contributed by atoms with van der Waals surface area (Å²) in [5, 5.41) is 10.8. The van der Waals surface area contributed by atoms with E-state index in [0.29, 0.717) is 19.7 Å². The second-order valence-corrected chi connectivity index (χ2v) is 8.76.